The Morgan fingerprint density at radius 3 is 2.62 bits per heavy atom. The van der Waals surface area contributed by atoms with Gasteiger partial charge in [-0.1, -0.05) is 31.5 Å². The standard InChI is InChI=1S/C15H25N5S/c1-11-6-5-7-12(10-11)21-15-18-13(16-2)17-14(19-15)20-8-3-4-9-20/h11-12H,3-10H2,1-2H3,(H,16,17,18,19). The first-order chi connectivity index (χ1) is 10.2. The Morgan fingerprint density at radius 1 is 1.10 bits per heavy atom. The Hall–Kier alpha value is -1.04. The van der Waals surface area contributed by atoms with Crippen molar-refractivity contribution in [3.63, 3.8) is 0 Å². The molecule has 1 aromatic rings. The Balaban J connectivity index is 1.75. The predicted octanol–water partition coefficient (Wildman–Crippen LogP) is 3.18. The van der Waals surface area contributed by atoms with Gasteiger partial charge in [0.1, 0.15) is 0 Å². The van der Waals surface area contributed by atoms with Crippen molar-refractivity contribution in [3.05, 3.63) is 0 Å². The lowest BCUT2D eigenvalue weighted by molar-refractivity contribution is 0.394. The molecule has 6 heteroatoms. The number of thioether (sulfide) groups is 1. The highest BCUT2D eigenvalue weighted by atomic mass is 32.2. The van der Waals surface area contributed by atoms with E-state index in [-0.39, 0.29) is 0 Å². The van der Waals surface area contributed by atoms with E-state index in [4.69, 9.17) is 4.98 Å². The van der Waals surface area contributed by atoms with Crippen LogP contribution in [0.1, 0.15) is 45.4 Å². The van der Waals surface area contributed by atoms with E-state index in [1.165, 1.54) is 38.5 Å². The van der Waals surface area contributed by atoms with Gasteiger partial charge in [0, 0.05) is 25.4 Å². The zero-order valence-electron chi connectivity index (χ0n) is 13.0. The molecule has 0 amide bonds. The molecule has 2 unspecified atom stereocenters. The lowest BCUT2D eigenvalue weighted by atomic mass is 9.91. The molecule has 2 fully saturated rings. The van der Waals surface area contributed by atoms with Gasteiger partial charge in [0.15, 0.2) is 5.16 Å². The summed E-state index contributed by atoms with van der Waals surface area (Å²) in [4.78, 5) is 16.0. The maximum atomic E-state index is 4.71. The van der Waals surface area contributed by atoms with E-state index < -0.39 is 0 Å². The molecule has 116 valence electrons. The summed E-state index contributed by atoms with van der Waals surface area (Å²) >= 11 is 1.84. The number of rotatable bonds is 4. The Morgan fingerprint density at radius 2 is 1.90 bits per heavy atom. The summed E-state index contributed by atoms with van der Waals surface area (Å²) in [6, 6.07) is 0. The van der Waals surface area contributed by atoms with Crippen LogP contribution in [0.4, 0.5) is 11.9 Å². The highest BCUT2D eigenvalue weighted by Crippen LogP contribution is 2.35. The van der Waals surface area contributed by atoms with Crippen LogP contribution < -0.4 is 10.2 Å². The molecule has 0 radical (unpaired) electrons. The van der Waals surface area contributed by atoms with Gasteiger partial charge in [-0.3, -0.25) is 0 Å². The fourth-order valence-corrected chi connectivity index (χ4v) is 4.48. The fraction of sp³-hybridized carbons (Fsp3) is 0.800. The quantitative estimate of drug-likeness (QED) is 0.922. The van der Waals surface area contributed by atoms with Gasteiger partial charge >= 0.3 is 0 Å². The number of hydrogen-bond donors (Lipinski definition) is 1. The van der Waals surface area contributed by atoms with Gasteiger partial charge in [0.2, 0.25) is 11.9 Å². The molecule has 0 spiro atoms. The highest BCUT2D eigenvalue weighted by molar-refractivity contribution is 7.99. The zero-order chi connectivity index (χ0) is 14.7. The molecular formula is C15H25N5S. The highest BCUT2D eigenvalue weighted by Gasteiger charge is 2.23. The summed E-state index contributed by atoms with van der Waals surface area (Å²) in [6.45, 7) is 4.49. The number of hydrogen-bond acceptors (Lipinski definition) is 6. The molecule has 1 aliphatic heterocycles. The topological polar surface area (TPSA) is 53.9 Å². The monoisotopic (exact) mass is 307 g/mol. The van der Waals surface area contributed by atoms with Crippen molar-refractivity contribution in [1.82, 2.24) is 15.0 Å². The average Bonchev–Trinajstić information content (AvgIpc) is 3.01. The second kappa shape index (κ2) is 6.81. The van der Waals surface area contributed by atoms with Crippen LogP contribution in [0.15, 0.2) is 5.16 Å². The third-order valence-electron chi connectivity index (χ3n) is 4.38. The van der Waals surface area contributed by atoms with E-state index >= 15 is 0 Å². The van der Waals surface area contributed by atoms with Crippen LogP contribution in [-0.2, 0) is 0 Å². The molecular weight excluding hydrogens is 282 g/mol. The maximum Gasteiger partial charge on any atom is 0.231 e. The van der Waals surface area contributed by atoms with E-state index in [2.05, 4.69) is 27.1 Å². The minimum atomic E-state index is 0.660. The van der Waals surface area contributed by atoms with Crippen LogP contribution in [0.2, 0.25) is 0 Å². The molecule has 3 rings (SSSR count). The van der Waals surface area contributed by atoms with Crippen LogP contribution >= 0.6 is 11.8 Å². The van der Waals surface area contributed by atoms with E-state index in [0.29, 0.717) is 11.2 Å². The van der Waals surface area contributed by atoms with Gasteiger partial charge in [-0.15, -0.1) is 0 Å². The number of anilines is 2. The number of nitrogens with zero attached hydrogens (tertiary/aromatic N) is 4. The van der Waals surface area contributed by atoms with Crippen molar-refractivity contribution in [1.29, 1.82) is 0 Å². The normalized spacial score (nSPS) is 26.1. The third-order valence-corrected chi connectivity index (χ3v) is 5.53. The summed E-state index contributed by atoms with van der Waals surface area (Å²) in [6.07, 6.45) is 7.75. The molecule has 2 atom stereocenters. The predicted molar refractivity (Wildman–Crippen MR) is 88.1 cm³/mol. The molecule has 1 N–H and O–H groups in total. The van der Waals surface area contributed by atoms with E-state index in [0.717, 1.165) is 30.1 Å². The van der Waals surface area contributed by atoms with Gasteiger partial charge in [0.05, 0.1) is 0 Å². The maximum absolute atomic E-state index is 4.71. The summed E-state index contributed by atoms with van der Waals surface area (Å²) in [5.41, 5.74) is 0. The van der Waals surface area contributed by atoms with Crippen LogP contribution in [0.5, 0.6) is 0 Å². The fourth-order valence-electron chi connectivity index (χ4n) is 3.20. The first-order valence-electron chi connectivity index (χ1n) is 8.10. The zero-order valence-corrected chi connectivity index (χ0v) is 13.8. The second-order valence-corrected chi connectivity index (χ2v) is 7.46. The summed E-state index contributed by atoms with van der Waals surface area (Å²) in [5.74, 6) is 2.37. The van der Waals surface area contributed by atoms with Gasteiger partial charge in [-0.05, 0) is 31.6 Å². The molecule has 0 aromatic carbocycles. The van der Waals surface area contributed by atoms with E-state index in [1.807, 2.05) is 18.8 Å². The molecule has 2 aliphatic rings. The lowest BCUT2D eigenvalue weighted by Crippen LogP contribution is -2.22. The Kier molecular flexibility index (Phi) is 4.83. The molecule has 0 bridgehead atoms. The van der Waals surface area contributed by atoms with Gasteiger partial charge in [-0.2, -0.15) is 15.0 Å². The second-order valence-electron chi connectivity index (χ2n) is 6.20. The number of aromatic nitrogens is 3. The SMILES string of the molecule is CNc1nc(SC2CCCC(C)C2)nc(N2CCCC2)n1. The van der Waals surface area contributed by atoms with Crippen molar-refractivity contribution in [2.45, 2.75) is 55.9 Å². The lowest BCUT2D eigenvalue weighted by Gasteiger charge is -2.25. The smallest absolute Gasteiger partial charge is 0.231 e. The van der Waals surface area contributed by atoms with Crippen LogP contribution in [0.25, 0.3) is 0 Å². The minimum absolute atomic E-state index is 0.660. The molecule has 2 heterocycles. The summed E-state index contributed by atoms with van der Waals surface area (Å²) < 4.78 is 0. The summed E-state index contributed by atoms with van der Waals surface area (Å²) in [5, 5.41) is 4.62. The molecule has 1 saturated heterocycles. The molecule has 21 heavy (non-hydrogen) atoms. The Bertz CT molecular complexity index is 475. The largest absolute Gasteiger partial charge is 0.357 e. The van der Waals surface area contributed by atoms with Crippen LogP contribution in [0, 0.1) is 5.92 Å². The van der Waals surface area contributed by atoms with E-state index in [1.54, 1.807) is 0 Å². The van der Waals surface area contributed by atoms with Gasteiger partial charge < -0.3 is 10.2 Å². The molecule has 5 nitrogen and oxygen atoms in total. The van der Waals surface area contributed by atoms with Gasteiger partial charge in [0.25, 0.3) is 0 Å². The van der Waals surface area contributed by atoms with Crippen LogP contribution in [0.3, 0.4) is 0 Å². The van der Waals surface area contributed by atoms with Crippen molar-refractivity contribution < 1.29 is 0 Å². The van der Waals surface area contributed by atoms with Crippen molar-refractivity contribution in [2.24, 2.45) is 5.92 Å². The molecule has 1 aliphatic carbocycles. The van der Waals surface area contributed by atoms with Crippen molar-refractivity contribution in [3.8, 4) is 0 Å². The van der Waals surface area contributed by atoms with Crippen LogP contribution in [-0.4, -0.2) is 40.3 Å². The first-order valence-corrected chi connectivity index (χ1v) is 8.98. The van der Waals surface area contributed by atoms with Crippen molar-refractivity contribution in [2.75, 3.05) is 30.4 Å². The molecule has 1 aromatic heterocycles. The van der Waals surface area contributed by atoms with E-state index in [9.17, 15) is 0 Å². The van der Waals surface area contributed by atoms with Crippen molar-refractivity contribution >= 4 is 23.7 Å². The molecule has 1 saturated carbocycles. The Labute approximate surface area is 131 Å². The minimum Gasteiger partial charge on any atom is -0.357 e. The first kappa shape index (κ1) is 14.9. The summed E-state index contributed by atoms with van der Waals surface area (Å²) in [7, 11) is 1.88. The third kappa shape index (κ3) is 3.78. The van der Waals surface area contributed by atoms with Gasteiger partial charge in [-0.25, -0.2) is 0 Å². The average molecular weight is 307 g/mol. The number of nitrogens with one attached hydrogen (secondary N) is 1.